The van der Waals surface area contributed by atoms with Crippen LogP contribution < -0.4 is 5.73 Å². The van der Waals surface area contributed by atoms with Crippen LogP contribution in [0.5, 0.6) is 0 Å². The van der Waals surface area contributed by atoms with E-state index in [4.69, 9.17) is 5.73 Å². The number of fused-ring (bicyclic) bond motifs is 1. The van der Waals surface area contributed by atoms with Crippen molar-refractivity contribution < 1.29 is 0 Å². The van der Waals surface area contributed by atoms with Gasteiger partial charge in [0.15, 0.2) is 0 Å². The highest BCUT2D eigenvalue weighted by molar-refractivity contribution is 5.40. The fraction of sp³-hybridized carbons (Fsp3) is 0.235. The number of pyridine rings is 1. The van der Waals surface area contributed by atoms with Gasteiger partial charge >= 0.3 is 0 Å². The molecule has 0 unspecified atom stereocenters. The lowest BCUT2D eigenvalue weighted by Gasteiger charge is -2.13. The fourth-order valence-corrected chi connectivity index (χ4v) is 2.95. The zero-order valence-corrected chi connectivity index (χ0v) is 12.8. The molecule has 3 aromatic rings. The third-order valence-corrected chi connectivity index (χ3v) is 4.16. The van der Waals surface area contributed by atoms with Gasteiger partial charge in [0, 0.05) is 38.3 Å². The molecule has 0 fully saturated rings. The molecule has 2 aromatic heterocycles. The van der Waals surface area contributed by atoms with Crippen molar-refractivity contribution in [2.75, 3.05) is 12.3 Å². The minimum atomic E-state index is 0.481. The molecule has 0 bridgehead atoms. The SMILES string of the molecule is Nc1cc(-n2cc(CCN3Cc4ccccc4C3)nn2)ccn1. The summed E-state index contributed by atoms with van der Waals surface area (Å²) in [7, 11) is 0. The molecule has 0 radical (unpaired) electrons. The fourth-order valence-electron chi connectivity index (χ4n) is 2.95. The lowest BCUT2D eigenvalue weighted by Crippen LogP contribution is -2.19. The summed E-state index contributed by atoms with van der Waals surface area (Å²) in [5, 5.41) is 8.43. The monoisotopic (exact) mass is 306 g/mol. The second kappa shape index (κ2) is 5.81. The van der Waals surface area contributed by atoms with Crippen LogP contribution in [0.25, 0.3) is 5.69 Å². The van der Waals surface area contributed by atoms with E-state index in [1.54, 1.807) is 16.9 Å². The first kappa shape index (κ1) is 13.9. The number of nitrogens with two attached hydrogens (primary N) is 1. The van der Waals surface area contributed by atoms with Gasteiger partial charge < -0.3 is 5.73 Å². The molecule has 23 heavy (non-hydrogen) atoms. The second-order valence-corrected chi connectivity index (χ2v) is 5.82. The first-order valence-electron chi connectivity index (χ1n) is 7.70. The average molecular weight is 306 g/mol. The van der Waals surface area contributed by atoms with Gasteiger partial charge in [0.05, 0.1) is 17.6 Å². The Bertz CT molecular complexity index is 800. The zero-order chi connectivity index (χ0) is 15.6. The summed E-state index contributed by atoms with van der Waals surface area (Å²) < 4.78 is 1.74. The Morgan fingerprint density at radius 2 is 1.87 bits per heavy atom. The van der Waals surface area contributed by atoms with Crippen LogP contribution in [0.1, 0.15) is 16.8 Å². The lowest BCUT2D eigenvalue weighted by molar-refractivity contribution is 0.287. The molecule has 4 rings (SSSR count). The van der Waals surface area contributed by atoms with E-state index in [0.29, 0.717) is 5.82 Å². The van der Waals surface area contributed by atoms with Crippen LogP contribution >= 0.6 is 0 Å². The third-order valence-electron chi connectivity index (χ3n) is 4.16. The van der Waals surface area contributed by atoms with Crippen LogP contribution in [0.15, 0.2) is 48.8 Å². The van der Waals surface area contributed by atoms with Crippen molar-refractivity contribution in [3.05, 3.63) is 65.6 Å². The number of hydrogen-bond donors (Lipinski definition) is 1. The maximum atomic E-state index is 5.71. The molecule has 0 amide bonds. The molecule has 6 nitrogen and oxygen atoms in total. The van der Waals surface area contributed by atoms with Crippen molar-refractivity contribution in [3.8, 4) is 5.69 Å². The van der Waals surface area contributed by atoms with Crippen molar-refractivity contribution in [1.82, 2.24) is 24.9 Å². The van der Waals surface area contributed by atoms with Crippen LogP contribution in [0.2, 0.25) is 0 Å². The molecule has 6 heteroatoms. The summed E-state index contributed by atoms with van der Waals surface area (Å²) in [6, 6.07) is 12.3. The van der Waals surface area contributed by atoms with Gasteiger partial charge in [-0.25, -0.2) is 9.67 Å². The molecule has 0 spiro atoms. The Balaban J connectivity index is 1.40. The minimum absolute atomic E-state index is 0.481. The van der Waals surface area contributed by atoms with E-state index in [9.17, 15) is 0 Å². The molecule has 1 aromatic carbocycles. The first-order chi connectivity index (χ1) is 11.3. The Hall–Kier alpha value is -2.73. The van der Waals surface area contributed by atoms with Gasteiger partial charge in [0.2, 0.25) is 0 Å². The molecule has 0 saturated heterocycles. The predicted molar refractivity (Wildman–Crippen MR) is 87.8 cm³/mol. The van der Waals surface area contributed by atoms with E-state index < -0.39 is 0 Å². The van der Waals surface area contributed by atoms with E-state index in [-0.39, 0.29) is 0 Å². The average Bonchev–Trinajstić information content (AvgIpc) is 3.19. The number of benzene rings is 1. The summed E-state index contributed by atoms with van der Waals surface area (Å²) >= 11 is 0. The van der Waals surface area contributed by atoms with Gasteiger partial charge in [-0.3, -0.25) is 4.90 Å². The van der Waals surface area contributed by atoms with Gasteiger partial charge in [0.1, 0.15) is 5.82 Å². The quantitative estimate of drug-likeness (QED) is 0.796. The smallest absolute Gasteiger partial charge is 0.125 e. The Morgan fingerprint density at radius 3 is 2.61 bits per heavy atom. The summed E-state index contributed by atoms with van der Waals surface area (Å²) in [5.41, 5.74) is 10.4. The zero-order valence-electron chi connectivity index (χ0n) is 12.8. The predicted octanol–water partition coefficient (Wildman–Crippen LogP) is 1.80. The molecule has 2 N–H and O–H groups in total. The molecular formula is C17H18N6. The molecule has 0 aliphatic carbocycles. The van der Waals surface area contributed by atoms with Crippen LogP contribution in [0.3, 0.4) is 0 Å². The lowest BCUT2D eigenvalue weighted by atomic mass is 10.1. The van der Waals surface area contributed by atoms with Gasteiger partial charge in [-0.2, -0.15) is 0 Å². The van der Waals surface area contributed by atoms with Crippen LogP contribution in [0.4, 0.5) is 5.82 Å². The maximum Gasteiger partial charge on any atom is 0.125 e. The van der Waals surface area contributed by atoms with Gasteiger partial charge in [-0.15, -0.1) is 5.10 Å². The second-order valence-electron chi connectivity index (χ2n) is 5.82. The number of anilines is 1. The number of nitrogens with zero attached hydrogens (tertiary/aromatic N) is 5. The van der Waals surface area contributed by atoms with Gasteiger partial charge in [0.25, 0.3) is 0 Å². The standard InChI is InChI=1S/C17H18N6/c18-17-9-16(5-7-19-17)23-12-15(20-21-23)6-8-22-10-13-3-1-2-4-14(13)11-22/h1-5,7,9,12H,6,8,10-11H2,(H2,18,19). The van der Waals surface area contributed by atoms with E-state index in [1.807, 2.05) is 12.3 Å². The molecule has 1 aliphatic rings. The molecular weight excluding hydrogens is 288 g/mol. The van der Waals surface area contributed by atoms with E-state index in [1.165, 1.54) is 11.1 Å². The molecule has 116 valence electrons. The number of aromatic nitrogens is 4. The summed E-state index contributed by atoms with van der Waals surface area (Å²) in [6.45, 7) is 3.02. The van der Waals surface area contributed by atoms with Crippen molar-refractivity contribution in [3.63, 3.8) is 0 Å². The molecule has 0 saturated carbocycles. The molecule has 0 atom stereocenters. The van der Waals surface area contributed by atoms with E-state index in [0.717, 1.165) is 37.4 Å². The summed E-state index contributed by atoms with van der Waals surface area (Å²) in [6.07, 6.45) is 4.51. The Kier molecular flexibility index (Phi) is 3.51. The Labute approximate surface area is 134 Å². The third kappa shape index (κ3) is 2.93. The van der Waals surface area contributed by atoms with Crippen LogP contribution in [-0.2, 0) is 19.5 Å². The van der Waals surface area contributed by atoms with Gasteiger partial charge in [-0.05, 0) is 17.2 Å². The van der Waals surface area contributed by atoms with E-state index in [2.05, 4.69) is 44.5 Å². The topological polar surface area (TPSA) is 72.9 Å². The van der Waals surface area contributed by atoms with Crippen molar-refractivity contribution in [2.24, 2.45) is 0 Å². The highest BCUT2D eigenvalue weighted by atomic mass is 15.4. The summed E-state index contributed by atoms with van der Waals surface area (Å²) in [5.74, 6) is 0.481. The normalized spacial score (nSPS) is 14.1. The van der Waals surface area contributed by atoms with Crippen molar-refractivity contribution in [2.45, 2.75) is 19.5 Å². The van der Waals surface area contributed by atoms with Crippen molar-refractivity contribution in [1.29, 1.82) is 0 Å². The van der Waals surface area contributed by atoms with Gasteiger partial charge in [-0.1, -0.05) is 29.5 Å². The largest absolute Gasteiger partial charge is 0.384 e. The first-order valence-corrected chi connectivity index (χ1v) is 7.70. The maximum absolute atomic E-state index is 5.71. The highest BCUT2D eigenvalue weighted by Crippen LogP contribution is 2.22. The Morgan fingerprint density at radius 1 is 1.09 bits per heavy atom. The van der Waals surface area contributed by atoms with Crippen LogP contribution in [-0.4, -0.2) is 31.4 Å². The van der Waals surface area contributed by atoms with E-state index >= 15 is 0 Å². The van der Waals surface area contributed by atoms with Crippen LogP contribution in [0, 0.1) is 0 Å². The minimum Gasteiger partial charge on any atom is -0.384 e. The molecule has 1 aliphatic heterocycles. The summed E-state index contributed by atoms with van der Waals surface area (Å²) in [4.78, 5) is 6.43. The number of rotatable bonds is 4. The van der Waals surface area contributed by atoms with Crippen molar-refractivity contribution >= 4 is 5.82 Å². The highest BCUT2D eigenvalue weighted by Gasteiger charge is 2.18. The number of hydrogen-bond acceptors (Lipinski definition) is 5. The number of nitrogen functional groups attached to an aromatic ring is 1. The molecule has 3 heterocycles.